The third kappa shape index (κ3) is 3.47. The summed E-state index contributed by atoms with van der Waals surface area (Å²) >= 11 is 0.976. The molecule has 0 bridgehead atoms. The van der Waals surface area contributed by atoms with Crippen molar-refractivity contribution in [1.29, 1.82) is 0 Å². The molecule has 2 rings (SSSR count). The Bertz CT molecular complexity index is 723. The average molecular weight is 318 g/mol. The molecule has 0 saturated heterocycles. The van der Waals surface area contributed by atoms with E-state index in [-0.39, 0.29) is 11.6 Å². The van der Waals surface area contributed by atoms with Crippen LogP contribution in [0.1, 0.15) is 21.1 Å². The lowest BCUT2D eigenvalue weighted by molar-refractivity contribution is -0.138. The van der Waals surface area contributed by atoms with E-state index in [4.69, 9.17) is 5.84 Å². The van der Waals surface area contributed by atoms with Crippen molar-refractivity contribution in [2.45, 2.75) is 12.7 Å². The van der Waals surface area contributed by atoms with Crippen LogP contribution in [0.25, 0.3) is 0 Å². The quantitative estimate of drug-likeness (QED) is 0.501. The molecular weight excluding hydrogens is 309 g/mol. The molecule has 1 amide bonds. The second kappa shape index (κ2) is 5.66. The highest BCUT2D eigenvalue weighted by Crippen LogP contribution is 2.28. The van der Waals surface area contributed by atoms with E-state index in [1.807, 2.05) is 5.43 Å². The Hall–Kier alpha value is -2.20. The molecular formula is C11H9F3N4O2S. The van der Waals surface area contributed by atoms with Crippen LogP contribution in [-0.4, -0.2) is 15.5 Å². The largest absolute Gasteiger partial charge is 0.417 e. The molecule has 3 N–H and O–H groups in total. The number of aromatic nitrogens is 2. The molecule has 6 nitrogen and oxygen atoms in total. The van der Waals surface area contributed by atoms with Crippen molar-refractivity contribution in [3.63, 3.8) is 0 Å². The molecule has 0 spiro atoms. The monoisotopic (exact) mass is 318 g/mol. The van der Waals surface area contributed by atoms with Gasteiger partial charge in [0.1, 0.15) is 0 Å². The number of pyridine rings is 1. The fraction of sp³-hybridized carbons (Fsp3) is 0.182. The molecule has 2 heterocycles. The van der Waals surface area contributed by atoms with Crippen molar-refractivity contribution in [2.24, 2.45) is 5.84 Å². The fourth-order valence-corrected chi connectivity index (χ4v) is 2.25. The Kier molecular flexibility index (Phi) is 4.09. The van der Waals surface area contributed by atoms with E-state index < -0.39 is 23.2 Å². The second-order valence-electron chi connectivity index (χ2n) is 4.00. The van der Waals surface area contributed by atoms with Crippen LogP contribution in [0.5, 0.6) is 0 Å². The molecule has 0 atom stereocenters. The third-order valence-corrected chi connectivity index (χ3v) is 3.41. The summed E-state index contributed by atoms with van der Waals surface area (Å²) in [5, 5.41) is 1.53. The van der Waals surface area contributed by atoms with E-state index in [1.165, 1.54) is 5.38 Å². The first-order valence-corrected chi connectivity index (χ1v) is 6.42. The van der Waals surface area contributed by atoms with Crippen molar-refractivity contribution in [3.05, 3.63) is 50.3 Å². The Morgan fingerprint density at radius 2 is 2.14 bits per heavy atom. The summed E-state index contributed by atoms with van der Waals surface area (Å²) in [7, 11) is 0. The van der Waals surface area contributed by atoms with E-state index in [9.17, 15) is 22.8 Å². The number of hydrogen-bond acceptors (Lipinski definition) is 5. The molecule has 0 aliphatic carbocycles. The lowest BCUT2D eigenvalue weighted by atomic mass is 10.2. The number of carbonyl (C=O) groups is 1. The Balaban J connectivity index is 2.29. The summed E-state index contributed by atoms with van der Waals surface area (Å²) in [6.45, 7) is -0.170. The van der Waals surface area contributed by atoms with Crippen molar-refractivity contribution < 1.29 is 18.0 Å². The highest BCUT2D eigenvalue weighted by Gasteiger charge is 2.31. The Morgan fingerprint density at radius 1 is 1.43 bits per heavy atom. The van der Waals surface area contributed by atoms with Crippen molar-refractivity contribution in [2.75, 3.05) is 0 Å². The number of hydrazine groups is 1. The van der Waals surface area contributed by atoms with Gasteiger partial charge in [0, 0.05) is 17.6 Å². The molecule has 0 aliphatic rings. The Labute approximate surface area is 120 Å². The van der Waals surface area contributed by atoms with Gasteiger partial charge in [0.25, 0.3) is 11.5 Å². The molecule has 21 heavy (non-hydrogen) atoms. The van der Waals surface area contributed by atoms with Crippen LogP contribution in [0.3, 0.4) is 0 Å². The summed E-state index contributed by atoms with van der Waals surface area (Å²) in [5.41, 5.74) is 0.653. The van der Waals surface area contributed by atoms with Gasteiger partial charge in [0.2, 0.25) is 0 Å². The van der Waals surface area contributed by atoms with Crippen LogP contribution >= 0.6 is 11.3 Å². The molecule has 2 aromatic heterocycles. The predicted molar refractivity (Wildman–Crippen MR) is 68.6 cm³/mol. The molecule has 2 aromatic rings. The molecule has 0 aliphatic heterocycles. The third-order valence-electron chi connectivity index (χ3n) is 2.52. The number of halogens is 3. The van der Waals surface area contributed by atoms with Gasteiger partial charge in [-0.25, -0.2) is 10.8 Å². The summed E-state index contributed by atoms with van der Waals surface area (Å²) in [6, 6.07) is 1.55. The van der Waals surface area contributed by atoms with Gasteiger partial charge in [-0.2, -0.15) is 13.2 Å². The minimum atomic E-state index is -4.54. The van der Waals surface area contributed by atoms with Crippen LogP contribution in [-0.2, 0) is 12.7 Å². The molecule has 10 heteroatoms. The van der Waals surface area contributed by atoms with Crippen molar-refractivity contribution in [3.8, 4) is 0 Å². The zero-order chi connectivity index (χ0) is 15.6. The van der Waals surface area contributed by atoms with Gasteiger partial charge in [-0.1, -0.05) is 0 Å². The summed E-state index contributed by atoms with van der Waals surface area (Å²) in [5.74, 6) is 4.34. The number of rotatable bonds is 3. The normalized spacial score (nSPS) is 11.4. The first-order chi connectivity index (χ1) is 9.81. The number of nitrogens with two attached hydrogens (primary N) is 1. The topological polar surface area (TPSA) is 90.0 Å². The molecule has 0 saturated carbocycles. The maximum Gasteiger partial charge on any atom is 0.417 e. The lowest BCUT2D eigenvalue weighted by Crippen LogP contribution is -2.30. The minimum Gasteiger partial charge on any atom is -0.309 e. The zero-order valence-electron chi connectivity index (χ0n) is 10.3. The maximum atomic E-state index is 12.6. The van der Waals surface area contributed by atoms with Gasteiger partial charge in [-0.3, -0.25) is 15.0 Å². The van der Waals surface area contributed by atoms with Gasteiger partial charge in [-0.15, -0.1) is 11.3 Å². The van der Waals surface area contributed by atoms with Crippen LogP contribution in [0, 0.1) is 0 Å². The molecule has 0 radical (unpaired) electrons. The van der Waals surface area contributed by atoms with Crippen LogP contribution in [0.15, 0.2) is 28.5 Å². The highest BCUT2D eigenvalue weighted by atomic mass is 32.1. The first-order valence-electron chi connectivity index (χ1n) is 5.54. The standard InChI is InChI=1S/C11H9F3N4O2S/c12-11(13,14)6-1-2-8(19)18(3-6)4-7-5-21-10(16-7)9(20)17-15/h1-3,5H,4,15H2,(H,17,20). The van der Waals surface area contributed by atoms with Gasteiger partial charge in [-0.05, 0) is 6.07 Å². The van der Waals surface area contributed by atoms with E-state index in [2.05, 4.69) is 4.98 Å². The van der Waals surface area contributed by atoms with Gasteiger partial charge in [0.05, 0.1) is 17.8 Å². The van der Waals surface area contributed by atoms with Crippen molar-refractivity contribution in [1.82, 2.24) is 15.0 Å². The molecule has 0 unspecified atom stereocenters. The van der Waals surface area contributed by atoms with E-state index in [1.54, 1.807) is 0 Å². The smallest absolute Gasteiger partial charge is 0.309 e. The number of nitrogen functional groups attached to an aromatic ring is 1. The van der Waals surface area contributed by atoms with Crippen molar-refractivity contribution >= 4 is 17.2 Å². The molecule has 112 valence electrons. The van der Waals surface area contributed by atoms with Gasteiger partial charge in [0.15, 0.2) is 5.01 Å². The van der Waals surface area contributed by atoms with Crippen LogP contribution in [0.4, 0.5) is 13.2 Å². The second-order valence-corrected chi connectivity index (χ2v) is 4.86. The number of hydrogen-bond donors (Lipinski definition) is 2. The SMILES string of the molecule is NNC(=O)c1nc(Cn2cc(C(F)(F)F)ccc2=O)cs1. The van der Waals surface area contributed by atoms with E-state index in [0.29, 0.717) is 18.0 Å². The summed E-state index contributed by atoms with van der Waals surface area (Å²) in [6.07, 6.45) is -3.83. The zero-order valence-corrected chi connectivity index (χ0v) is 11.2. The summed E-state index contributed by atoms with van der Waals surface area (Å²) < 4.78 is 38.7. The fourth-order valence-electron chi connectivity index (χ4n) is 1.54. The molecule has 0 aromatic carbocycles. The highest BCUT2D eigenvalue weighted by molar-refractivity contribution is 7.11. The predicted octanol–water partition coefficient (Wildman–Crippen LogP) is 0.975. The number of carbonyl (C=O) groups excluding carboxylic acids is 1. The van der Waals surface area contributed by atoms with Crippen LogP contribution in [0.2, 0.25) is 0 Å². The number of thiazole rings is 1. The van der Waals surface area contributed by atoms with Crippen LogP contribution < -0.4 is 16.8 Å². The lowest BCUT2D eigenvalue weighted by Gasteiger charge is -2.09. The first kappa shape index (κ1) is 15.2. The maximum absolute atomic E-state index is 12.6. The Morgan fingerprint density at radius 3 is 2.76 bits per heavy atom. The van der Waals surface area contributed by atoms with E-state index in [0.717, 1.165) is 22.0 Å². The number of nitrogens with one attached hydrogen (secondary N) is 1. The van der Waals surface area contributed by atoms with E-state index >= 15 is 0 Å². The summed E-state index contributed by atoms with van der Waals surface area (Å²) in [4.78, 5) is 26.7. The number of nitrogens with zero attached hydrogens (tertiary/aromatic N) is 2. The number of alkyl halides is 3. The average Bonchev–Trinajstić information content (AvgIpc) is 2.87. The van der Waals surface area contributed by atoms with Gasteiger partial charge < -0.3 is 4.57 Å². The minimum absolute atomic E-state index is 0.0625. The molecule has 0 fully saturated rings. The number of amides is 1. The van der Waals surface area contributed by atoms with Gasteiger partial charge >= 0.3 is 6.18 Å².